The molecule has 0 saturated carbocycles. The summed E-state index contributed by atoms with van der Waals surface area (Å²) in [6.45, 7) is 4.54. The Morgan fingerprint density at radius 1 is 1.50 bits per heavy atom. The molecule has 0 atom stereocenters. The third kappa shape index (κ3) is 4.07. The fourth-order valence-corrected chi connectivity index (χ4v) is 2.00. The van der Waals surface area contributed by atoms with Crippen LogP contribution < -0.4 is 11.1 Å². The van der Waals surface area contributed by atoms with Crippen molar-refractivity contribution in [3.63, 3.8) is 0 Å². The highest BCUT2D eigenvalue weighted by atomic mass is 15.1. The van der Waals surface area contributed by atoms with Gasteiger partial charge in [-0.1, -0.05) is 0 Å². The van der Waals surface area contributed by atoms with E-state index in [9.17, 15) is 0 Å². The van der Waals surface area contributed by atoms with Gasteiger partial charge in [-0.25, -0.2) is 0 Å². The molecule has 82 valence electrons. The summed E-state index contributed by atoms with van der Waals surface area (Å²) in [6.07, 6.45) is 3.19. The molecule has 0 aliphatic carbocycles. The fraction of sp³-hybridized carbons (Fsp3) is 0.900. The van der Waals surface area contributed by atoms with Crippen LogP contribution in [-0.4, -0.2) is 44.0 Å². The van der Waals surface area contributed by atoms with Gasteiger partial charge in [0.1, 0.15) is 0 Å². The van der Waals surface area contributed by atoms with Crippen molar-refractivity contribution in [2.75, 3.05) is 33.2 Å². The van der Waals surface area contributed by atoms with E-state index < -0.39 is 0 Å². The van der Waals surface area contributed by atoms with Crippen molar-refractivity contribution < 1.29 is 0 Å². The molecule has 1 aliphatic rings. The minimum absolute atomic E-state index is 0.346. The smallest absolute Gasteiger partial charge is 0.0908 e. The zero-order valence-corrected chi connectivity index (χ0v) is 9.05. The van der Waals surface area contributed by atoms with E-state index in [1.807, 2.05) is 7.05 Å². The second-order valence-corrected chi connectivity index (χ2v) is 4.12. The number of nitrogens with one attached hydrogen (secondary N) is 2. The van der Waals surface area contributed by atoms with Gasteiger partial charge in [-0.2, -0.15) is 0 Å². The number of hydrogen-bond donors (Lipinski definition) is 3. The van der Waals surface area contributed by atoms with Crippen LogP contribution in [0.1, 0.15) is 19.3 Å². The normalized spacial score (nSPS) is 19.8. The highest BCUT2D eigenvalue weighted by Crippen LogP contribution is 2.19. The fourth-order valence-electron chi connectivity index (χ4n) is 2.00. The molecule has 1 aliphatic heterocycles. The number of piperidine rings is 1. The van der Waals surface area contributed by atoms with Gasteiger partial charge in [0.15, 0.2) is 0 Å². The highest BCUT2D eigenvalue weighted by molar-refractivity contribution is 5.77. The number of rotatable bonds is 5. The Kier molecular flexibility index (Phi) is 4.90. The van der Waals surface area contributed by atoms with E-state index in [-0.39, 0.29) is 0 Å². The standard InChI is InChI=1S/C10H22N4/c1-13-4-7-14-5-2-9(3-6-14)8-10(11)12/h9,13H,2-8H2,1H3,(H3,11,12). The number of nitrogens with zero attached hydrogens (tertiary/aromatic N) is 1. The molecular formula is C10H22N4. The molecule has 0 radical (unpaired) electrons. The number of nitrogens with two attached hydrogens (primary N) is 1. The first-order valence-corrected chi connectivity index (χ1v) is 5.42. The minimum atomic E-state index is 0.346. The maximum Gasteiger partial charge on any atom is 0.0908 e. The molecule has 1 heterocycles. The van der Waals surface area contributed by atoms with Crippen molar-refractivity contribution in [2.45, 2.75) is 19.3 Å². The van der Waals surface area contributed by atoms with Gasteiger partial charge in [0.2, 0.25) is 0 Å². The molecule has 1 fully saturated rings. The van der Waals surface area contributed by atoms with Crippen LogP contribution in [-0.2, 0) is 0 Å². The highest BCUT2D eigenvalue weighted by Gasteiger charge is 2.18. The molecule has 4 heteroatoms. The van der Waals surface area contributed by atoms with Gasteiger partial charge in [-0.3, -0.25) is 5.41 Å². The van der Waals surface area contributed by atoms with Gasteiger partial charge in [-0.15, -0.1) is 0 Å². The van der Waals surface area contributed by atoms with Gasteiger partial charge in [0.05, 0.1) is 5.84 Å². The lowest BCUT2D eigenvalue weighted by Gasteiger charge is -2.31. The average Bonchev–Trinajstić information content (AvgIpc) is 2.16. The molecule has 1 saturated heterocycles. The summed E-state index contributed by atoms with van der Waals surface area (Å²) >= 11 is 0. The number of likely N-dealkylation sites (tertiary alicyclic amines) is 1. The predicted octanol–water partition coefficient (Wildman–Crippen LogP) is 0.244. The first-order chi connectivity index (χ1) is 6.72. The minimum Gasteiger partial charge on any atom is -0.388 e. The van der Waals surface area contributed by atoms with Crippen LogP contribution >= 0.6 is 0 Å². The lowest BCUT2D eigenvalue weighted by atomic mass is 9.93. The van der Waals surface area contributed by atoms with Crippen LogP contribution in [0, 0.1) is 11.3 Å². The summed E-state index contributed by atoms with van der Waals surface area (Å²) in [7, 11) is 1.99. The monoisotopic (exact) mass is 198 g/mol. The van der Waals surface area contributed by atoms with E-state index >= 15 is 0 Å². The number of hydrogen-bond acceptors (Lipinski definition) is 3. The van der Waals surface area contributed by atoms with Crippen molar-refractivity contribution in [1.29, 1.82) is 5.41 Å². The molecule has 1 rings (SSSR count). The Bertz CT molecular complexity index is 173. The molecule has 4 N–H and O–H groups in total. The molecule has 0 amide bonds. The summed E-state index contributed by atoms with van der Waals surface area (Å²) in [6, 6.07) is 0. The third-order valence-electron chi connectivity index (χ3n) is 2.89. The van der Waals surface area contributed by atoms with E-state index in [1.165, 1.54) is 25.9 Å². The molecule has 0 aromatic heterocycles. The van der Waals surface area contributed by atoms with Crippen LogP contribution in [0.2, 0.25) is 0 Å². The Balaban J connectivity index is 2.14. The summed E-state index contributed by atoms with van der Waals surface area (Å²) in [5, 5.41) is 10.4. The lowest BCUT2D eigenvalue weighted by Crippen LogP contribution is -2.38. The van der Waals surface area contributed by atoms with E-state index in [4.69, 9.17) is 11.1 Å². The molecular weight excluding hydrogens is 176 g/mol. The zero-order chi connectivity index (χ0) is 10.4. The molecule has 0 aromatic rings. The Labute approximate surface area is 86.4 Å². The summed E-state index contributed by atoms with van der Waals surface area (Å²) in [5.74, 6) is 0.997. The van der Waals surface area contributed by atoms with E-state index in [0.717, 1.165) is 19.5 Å². The van der Waals surface area contributed by atoms with Crippen molar-refractivity contribution in [3.8, 4) is 0 Å². The topological polar surface area (TPSA) is 65.1 Å². The van der Waals surface area contributed by atoms with Gasteiger partial charge in [0, 0.05) is 19.5 Å². The third-order valence-corrected chi connectivity index (χ3v) is 2.89. The molecule has 0 spiro atoms. The molecule has 0 aromatic carbocycles. The SMILES string of the molecule is CNCCN1CCC(CC(=N)N)CC1. The summed E-state index contributed by atoms with van der Waals surface area (Å²) in [5.41, 5.74) is 5.40. The first-order valence-electron chi connectivity index (χ1n) is 5.42. The van der Waals surface area contributed by atoms with Gasteiger partial charge >= 0.3 is 0 Å². The molecule has 0 unspecified atom stereocenters. The lowest BCUT2D eigenvalue weighted by molar-refractivity contribution is 0.189. The van der Waals surface area contributed by atoms with Crippen LogP contribution in [0.4, 0.5) is 0 Å². The second-order valence-electron chi connectivity index (χ2n) is 4.12. The Hall–Kier alpha value is -0.610. The summed E-state index contributed by atoms with van der Waals surface area (Å²) in [4.78, 5) is 2.48. The predicted molar refractivity (Wildman–Crippen MR) is 59.6 cm³/mol. The first kappa shape index (κ1) is 11.5. The average molecular weight is 198 g/mol. The van der Waals surface area contributed by atoms with Gasteiger partial charge in [0.25, 0.3) is 0 Å². The molecule has 0 bridgehead atoms. The quantitative estimate of drug-likeness (QED) is 0.438. The van der Waals surface area contributed by atoms with Crippen molar-refractivity contribution in [3.05, 3.63) is 0 Å². The van der Waals surface area contributed by atoms with Crippen molar-refractivity contribution >= 4 is 5.84 Å². The number of amidine groups is 1. The maximum absolute atomic E-state index is 7.25. The zero-order valence-electron chi connectivity index (χ0n) is 9.05. The van der Waals surface area contributed by atoms with E-state index in [0.29, 0.717) is 11.8 Å². The molecule has 4 nitrogen and oxygen atoms in total. The van der Waals surface area contributed by atoms with Crippen LogP contribution in [0.5, 0.6) is 0 Å². The van der Waals surface area contributed by atoms with E-state index in [2.05, 4.69) is 10.2 Å². The molecule has 14 heavy (non-hydrogen) atoms. The van der Waals surface area contributed by atoms with Crippen LogP contribution in [0.25, 0.3) is 0 Å². The Morgan fingerprint density at radius 3 is 2.64 bits per heavy atom. The van der Waals surface area contributed by atoms with E-state index in [1.54, 1.807) is 0 Å². The number of likely N-dealkylation sites (N-methyl/N-ethyl adjacent to an activating group) is 1. The van der Waals surface area contributed by atoms with Gasteiger partial charge < -0.3 is 16.0 Å². The van der Waals surface area contributed by atoms with Gasteiger partial charge in [-0.05, 0) is 38.9 Å². The summed E-state index contributed by atoms with van der Waals surface area (Å²) < 4.78 is 0. The van der Waals surface area contributed by atoms with Crippen molar-refractivity contribution in [2.24, 2.45) is 11.7 Å². The van der Waals surface area contributed by atoms with Crippen LogP contribution in [0.15, 0.2) is 0 Å². The second kappa shape index (κ2) is 5.98. The van der Waals surface area contributed by atoms with Crippen molar-refractivity contribution in [1.82, 2.24) is 10.2 Å². The largest absolute Gasteiger partial charge is 0.388 e. The van der Waals surface area contributed by atoms with Crippen LogP contribution in [0.3, 0.4) is 0 Å². The maximum atomic E-state index is 7.25. The Morgan fingerprint density at radius 2 is 2.14 bits per heavy atom.